The minimum atomic E-state index is -0.738. The molecule has 1 aromatic carbocycles. The molecule has 112 valence electrons. The molecular weight excluding hydrogens is 275 g/mol. The van der Waals surface area contributed by atoms with Crippen molar-refractivity contribution in [1.29, 1.82) is 0 Å². The van der Waals surface area contributed by atoms with Crippen LogP contribution >= 0.6 is 0 Å². The molecule has 0 amide bonds. The number of benzene rings is 1. The number of halogens is 1. The van der Waals surface area contributed by atoms with Gasteiger partial charge in [0.25, 0.3) is 0 Å². The molecule has 0 bridgehead atoms. The summed E-state index contributed by atoms with van der Waals surface area (Å²) in [5, 5.41) is 0. The predicted octanol–water partition coefficient (Wildman–Crippen LogP) is 2.15. The van der Waals surface area contributed by atoms with Gasteiger partial charge in [-0.3, -0.25) is 0 Å². The number of hydrogen-bond acceptors (Lipinski definition) is 4. The molecule has 1 aliphatic heterocycles. The molecule has 1 aliphatic carbocycles. The number of hydrogen-bond donors (Lipinski definition) is 0. The Morgan fingerprint density at radius 2 is 1.76 bits per heavy atom. The van der Waals surface area contributed by atoms with Crippen molar-refractivity contribution in [3.05, 3.63) is 35.6 Å². The van der Waals surface area contributed by atoms with Gasteiger partial charge in [0.2, 0.25) is 0 Å². The fourth-order valence-corrected chi connectivity index (χ4v) is 3.24. The third-order valence-electron chi connectivity index (χ3n) is 4.58. The van der Waals surface area contributed by atoms with Crippen LogP contribution in [0.1, 0.15) is 31.2 Å². The van der Waals surface area contributed by atoms with Gasteiger partial charge in [-0.05, 0) is 30.5 Å². The molecule has 0 aromatic heterocycles. The van der Waals surface area contributed by atoms with Crippen LogP contribution in [-0.2, 0) is 24.5 Å². The van der Waals surface area contributed by atoms with E-state index in [1.165, 1.54) is 12.1 Å². The maximum absolute atomic E-state index is 13.0. The first-order chi connectivity index (χ1) is 10.1. The highest BCUT2D eigenvalue weighted by atomic mass is 19.1. The molecule has 1 unspecified atom stereocenters. The van der Waals surface area contributed by atoms with Crippen LogP contribution in [0.25, 0.3) is 0 Å². The zero-order chi connectivity index (χ0) is 14.9. The minimum Gasteiger partial charge on any atom is -0.347 e. The lowest BCUT2D eigenvalue weighted by atomic mass is 9.69. The van der Waals surface area contributed by atoms with Crippen LogP contribution in [0.5, 0.6) is 0 Å². The molecule has 2 fully saturated rings. The van der Waals surface area contributed by atoms with E-state index in [0.717, 1.165) is 18.1 Å². The number of rotatable bonds is 3. The molecule has 1 saturated carbocycles. The van der Waals surface area contributed by atoms with Crippen LogP contribution in [-0.4, -0.2) is 31.1 Å². The maximum atomic E-state index is 13.0. The second-order valence-corrected chi connectivity index (χ2v) is 5.79. The normalized spacial score (nSPS) is 35.8. The molecule has 1 saturated heterocycles. The van der Waals surface area contributed by atoms with Gasteiger partial charge in [0, 0.05) is 12.8 Å². The lowest BCUT2D eigenvalue weighted by Gasteiger charge is -2.41. The van der Waals surface area contributed by atoms with Gasteiger partial charge in [-0.2, -0.15) is 0 Å². The topological polar surface area (TPSA) is 52.6 Å². The smallest absolute Gasteiger partial charge is 0.169 e. The molecular formula is C16H17FO4. The molecule has 3 rings (SSSR count). The second kappa shape index (κ2) is 5.31. The Hall–Kier alpha value is -1.59. The zero-order valence-electron chi connectivity index (χ0n) is 11.6. The first-order valence-electron chi connectivity index (χ1n) is 7.11. The molecule has 2 aliphatic rings. The van der Waals surface area contributed by atoms with E-state index in [1.807, 2.05) is 0 Å². The van der Waals surface area contributed by atoms with Crippen molar-refractivity contribution >= 4 is 12.6 Å². The highest BCUT2D eigenvalue weighted by Crippen LogP contribution is 2.46. The van der Waals surface area contributed by atoms with Crippen molar-refractivity contribution in [2.75, 3.05) is 6.61 Å². The van der Waals surface area contributed by atoms with Crippen LogP contribution < -0.4 is 0 Å². The molecule has 21 heavy (non-hydrogen) atoms. The number of carbonyl (C=O) groups is 2. The van der Waals surface area contributed by atoms with Crippen molar-refractivity contribution in [2.45, 2.75) is 43.0 Å². The Morgan fingerprint density at radius 1 is 1.10 bits per heavy atom. The van der Waals surface area contributed by atoms with Gasteiger partial charge in [0.1, 0.15) is 18.2 Å². The van der Waals surface area contributed by atoms with Gasteiger partial charge in [0.15, 0.2) is 12.1 Å². The van der Waals surface area contributed by atoms with Gasteiger partial charge in [0.05, 0.1) is 12.0 Å². The van der Waals surface area contributed by atoms with E-state index in [2.05, 4.69) is 0 Å². The summed E-state index contributed by atoms with van der Waals surface area (Å²) in [5.41, 5.74) is 0.198. The summed E-state index contributed by atoms with van der Waals surface area (Å²) in [5.74, 6) is -1.05. The van der Waals surface area contributed by atoms with Gasteiger partial charge >= 0.3 is 0 Å². The van der Waals surface area contributed by atoms with Crippen LogP contribution in [0.3, 0.4) is 0 Å². The molecule has 1 heterocycles. The van der Waals surface area contributed by atoms with E-state index >= 15 is 0 Å². The molecule has 1 atom stereocenters. The lowest BCUT2D eigenvalue weighted by molar-refractivity contribution is -0.193. The van der Waals surface area contributed by atoms with Crippen LogP contribution in [0.2, 0.25) is 0 Å². The van der Waals surface area contributed by atoms with Gasteiger partial charge in [-0.1, -0.05) is 12.1 Å². The summed E-state index contributed by atoms with van der Waals surface area (Å²) in [6.45, 7) is 0.272. The summed E-state index contributed by atoms with van der Waals surface area (Å²) in [4.78, 5) is 22.4. The predicted molar refractivity (Wildman–Crippen MR) is 72.2 cm³/mol. The zero-order valence-corrected chi connectivity index (χ0v) is 11.6. The van der Waals surface area contributed by atoms with Crippen LogP contribution in [0.15, 0.2) is 24.3 Å². The van der Waals surface area contributed by atoms with Gasteiger partial charge in [-0.15, -0.1) is 0 Å². The SMILES string of the molecule is O=CC1COC2(CCC(C=O)(c3ccc(F)cc3)CC2)O1. The lowest BCUT2D eigenvalue weighted by Crippen LogP contribution is -2.43. The van der Waals surface area contributed by atoms with E-state index in [0.29, 0.717) is 25.7 Å². The number of ether oxygens (including phenoxy) is 2. The maximum Gasteiger partial charge on any atom is 0.169 e. The highest BCUT2D eigenvalue weighted by molar-refractivity contribution is 5.69. The van der Waals surface area contributed by atoms with Crippen molar-refractivity contribution in [1.82, 2.24) is 0 Å². The van der Waals surface area contributed by atoms with Gasteiger partial charge < -0.3 is 19.1 Å². The number of aldehydes is 2. The molecule has 4 nitrogen and oxygen atoms in total. The molecule has 0 radical (unpaired) electrons. The Balaban J connectivity index is 1.77. The Bertz CT molecular complexity index is 532. The van der Waals surface area contributed by atoms with Gasteiger partial charge in [-0.25, -0.2) is 4.39 Å². The second-order valence-electron chi connectivity index (χ2n) is 5.79. The Morgan fingerprint density at radius 3 is 2.29 bits per heavy atom. The summed E-state index contributed by atoms with van der Waals surface area (Å²) in [6, 6.07) is 6.06. The van der Waals surface area contributed by atoms with E-state index in [4.69, 9.17) is 9.47 Å². The molecule has 5 heteroatoms. The first kappa shape index (κ1) is 14.4. The number of carbonyl (C=O) groups excluding carboxylic acids is 2. The van der Waals surface area contributed by atoms with Crippen LogP contribution in [0.4, 0.5) is 4.39 Å². The van der Waals surface area contributed by atoms with E-state index < -0.39 is 17.3 Å². The molecule has 1 spiro atoms. The Labute approximate surface area is 122 Å². The first-order valence-corrected chi connectivity index (χ1v) is 7.11. The summed E-state index contributed by atoms with van der Waals surface area (Å²) >= 11 is 0. The fraction of sp³-hybridized carbons (Fsp3) is 0.500. The summed E-state index contributed by atoms with van der Waals surface area (Å²) in [7, 11) is 0. The van der Waals surface area contributed by atoms with Crippen molar-refractivity contribution < 1.29 is 23.5 Å². The minimum absolute atomic E-state index is 0.272. The summed E-state index contributed by atoms with van der Waals surface area (Å²) < 4.78 is 24.4. The highest BCUT2D eigenvalue weighted by Gasteiger charge is 2.49. The monoisotopic (exact) mass is 292 g/mol. The summed E-state index contributed by atoms with van der Waals surface area (Å²) in [6.07, 6.45) is 3.40. The van der Waals surface area contributed by atoms with Crippen molar-refractivity contribution in [3.8, 4) is 0 Å². The average molecular weight is 292 g/mol. The van der Waals surface area contributed by atoms with Crippen molar-refractivity contribution in [2.24, 2.45) is 0 Å². The average Bonchev–Trinajstić information content (AvgIpc) is 2.93. The third kappa shape index (κ3) is 2.51. The van der Waals surface area contributed by atoms with E-state index in [1.54, 1.807) is 12.1 Å². The van der Waals surface area contributed by atoms with E-state index in [9.17, 15) is 14.0 Å². The molecule has 1 aromatic rings. The standard InChI is InChI=1S/C16H17FO4/c17-13-3-1-12(2-4-13)15(11-19)5-7-16(8-6-15)20-10-14(9-18)21-16/h1-4,9,11,14H,5-8,10H2. The quantitative estimate of drug-likeness (QED) is 0.801. The third-order valence-corrected chi connectivity index (χ3v) is 4.58. The van der Waals surface area contributed by atoms with E-state index in [-0.39, 0.29) is 12.4 Å². The van der Waals surface area contributed by atoms with Crippen LogP contribution in [0, 0.1) is 5.82 Å². The fourth-order valence-electron chi connectivity index (χ4n) is 3.24. The largest absolute Gasteiger partial charge is 0.347 e. The molecule has 0 N–H and O–H groups in total. The van der Waals surface area contributed by atoms with Crippen molar-refractivity contribution in [3.63, 3.8) is 0 Å². The Kier molecular flexibility index (Phi) is 3.63.